The highest BCUT2D eigenvalue weighted by Crippen LogP contribution is 2.25. The number of aromatic hydroxyl groups is 1. The molecule has 0 amide bonds. The average molecular weight is 223 g/mol. The number of phenols is 1. The Labute approximate surface area is 94.9 Å². The summed E-state index contributed by atoms with van der Waals surface area (Å²) in [4.78, 5) is 0. The molecule has 2 unspecified atom stereocenters. The second-order valence-corrected chi connectivity index (χ2v) is 4.10. The predicted molar refractivity (Wildman–Crippen MR) is 60.6 cm³/mol. The average Bonchev–Trinajstić information content (AvgIpc) is 2.81. The second kappa shape index (κ2) is 5.18. The Hall–Kier alpha value is -1.26. The molecule has 88 valence electrons. The van der Waals surface area contributed by atoms with Crippen molar-refractivity contribution in [1.82, 2.24) is 5.32 Å². The van der Waals surface area contributed by atoms with Crippen molar-refractivity contribution in [1.29, 1.82) is 0 Å². The molecule has 0 spiro atoms. The molecular weight excluding hydrogens is 206 g/mol. The van der Waals surface area contributed by atoms with Crippen molar-refractivity contribution >= 4 is 0 Å². The smallest absolute Gasteiger partial charge is 0.161 e. The Morgan fingerprint density at radius 3 is 2.94 bits per heavy atom. The Balaban J connectivity index is 1.84. The van der Waals surface area contributed by atoms with Crippen LogP contribution in [-0.4, -0.2) is 36.0 Å². The van der Waals surface area contributed by atoms with Crippen molar-refractivity contribution in [3.63, 3.8) is 0 Å². The fraction of sp³-hybridized carbons (Fsp3) is 0.500. The lowest BCUT2D eigenvalue weighted by Gasteiger charge is -2.17. The SMILES string of the molecule is Oc1ccccc1OCC(O)C1CCNC1. The van der Waals surface area contributed by atoms with E-state index in [4.69, 9.17) is 4.74 Å². The molecule has 0 radical (unpaired) electrons. The summed E-state index contributed by atoms with van der Waals surface area (Å²) < 4.78 is 5.38. The Kier molecular flexibility index (Phi) is 3.64. The third kappa shape index (κ3) is 2.65. The lowest BCUT2D eigenvalue weighted by atomic mass is 10.0. The topological polar surface area (TPSA) is 61.7 Å². The summed E-state index contributed by atoms with van der Waals surface area (Å²) in [5.41, 5.74) is 0. The first-order valence-corrected chi connectivity index (χ1v) is 5.57. The molecule has 0 saturated carbocycles. The number of hydrogen-bond acceptors (Lipinski definition) is 4. The minimum Gasteiger partial charge on any atom is -0.504 e. The highest BCUT2D eigenvalue weighted by Gasteiger charge is 2.23. The van der Waals surface area contributed by atoms with Gasteiger partial charge in [0.05, 0.1) is 6.10 Å². The number of aliphatic hydroxyl groups excluding tert-OH is 1. The van der Waals surface area contributed by atoms with Crippen LogP contribution in [0.4, 0.5) is 0 Å². The number of aliphatic hydroxyl groups is 1. The van der Waals surface area contributed by atoms with Gasteiger partial charge >= 0.3 is 0 Å². The van der Waals surface area contributed by atoms with Gasteiger partial charge in [0, 0.05) is 12.5 Å². The quantitative estimate of drug-likeness (QED) is 0.704. The van der Waals surface area contributed by atoms with Crippen LogP contribution in [0.2, 0.25) is 0 Å². The van der Waals surface area contributed by atoms with Crippen LogP contribution in [0, 0.1) is 5.92 Å². The van der Waals surface area contributed by atoms with E-state index in [1.165, 1.54) is 0 Å². The normalized spacial score (nSPS) is 21.9. The summed E-state index contributed by atoms with van der Waals surface area (Å²) in [7, 11) is 0. The Morgan fingerprint density at radius 1 is 1.44 bits per heavy atom. The van der Waals surface area contributed by atoms with E-state index >= 15 is 0 Å². The number of hydrogen-bond donors (Lipinski definition) is 3. The van der Waals surface area contributed by atoms with Gasteiger partial charge in [-0.25, -0.2) is 0 Å². The van der Waals surface area contributed by atoms with Crippen LogP contribution in [0.3, 0.4) is 0 Å². The van der Waals surface area contributed by atoms with Crippen molar-refractivity contribution < 1.29 is 14.9 Å². The van der Waals surface area contributed by atoms with Gasteiger partial charge in [0.2, 0.25) is 0 Å². The number of rotatable bonds is 4. The zero-order valence-corrected chi connectivity index (χ0v) is 9.10. The molecular formula is C12H17NO3. The van der Waals surface area contributed by atoms with Crippen LogP contribution in [0.25, 0.3) is 0 Å². The number of ether oxygens (including phenoxy) is 1. The van der Waals surface area contributed by atoms with Gasteiger partial charge in [-0.3, -0.25) is 0 Å². The maximum Gasteiger partial charge on any atom is 0.161 e. The Morgan fingerprint density at radius 2 is 2.25 bits per heavy atom. The third-order valence-electron chi connectivity index (χ3n) is 2.92. The minimum atomic E-state index is -0.477. The number of benzene rings is 1. The maximum absolute atomic E-state index is 9.85. The zero-order valence-electron chi connectivity index (χ0n) is 9.10. The van der Waals surface area contributed by atoms with Gasteiger partial charge in [-0.15, -0.1) is 0 Å². The highest BCUT2D eigenvalue weighted by molar-refractivity contribution is 5.37. The van der Waals surface area contributed by atoms with Crippen molar-refractivity contribution in [2.45, 2.75) is 12.5 Å². The molecule has 1 aliphatic heterocycles. The molecule has 1 aromatic carbocycles. The first-order chi connectivity index (χ1) is 7.77. The molecule has 16 heavy (non-hydrogen) atoms. The fourth-order valence-corrected chi connectivity index (χ4v) is 1.90. The number of phenolic OH excluding ortho intramolecular Hbond substituents is 1. The molecule has 0 aromatic heterocycles. The molecule has 1 heterocycles. The van der Waals surface area contributed by atoms with Crippen LogP contribution < -0.4 is 10.1 Å². The molecule has 2 atom stereocenters. The molecule has 1 saturated heterocycles. The van der Waals surface area contributed by atoms with Gasteiger partial charge < -0.3 is 20.3 Å². The molecule has 1 aromatic rings. The van der Waals surface area contributed by atoms with Crippen LogP contribution in [-0.2, 0) is 0 Å². The molecule has 2 rings (SSSR count). The summed E-state index contributed by atoms with van der Waals surface area (Å²) in [5, 5.41) is 22.5. The summed E-state index contributed by atoms with van der Waals surface area (Å²) in [6.07, 6.45) is 0.500. The first-order valence-electron chi connectivity index (χ1n) is 5.57. The van der Waals surface area contributed by atoms with Gasteiger partial charge in [0.25, 0.3) is 0 Å². The predicted octanol–water partition coefficient (Wildman–Crippen LogP) is 0.741. The second-order valence-electron chi connectivity index (χ2n) is 4.10. The molecule has 1 fully saturated rings. The molecule has 4 nitrogen and oxygen atoms in total. The van der Waals surface area contributed by atoms with Gasteiger partial charge in [-0.1, -0.05) is 12.1 Å². The van der Waals surface area contributed by atoms with Crippen molar-refractivity contribution in [3.8, 4) is 11.5 Å². The monoisotopic (exact) mass is 223 g/mol. The lowest BCUT2D eigenvalue weighted by Crippen LogP contribution is -2.28. The van der Waals surface area contributed by atoms with Crippen LogP contribution in [0.15, 0.2) is 24.3 Å². The fourth-order valence-electron chi connectivity index (χ4n) is 1.90. The largest absolute Gasteiger partial charge is 0.504 e. The molecule has 1 aliphatic rings. The Bertz CT molecular complexity index is 337. The van der Waals surface area contributed by atoms with Gasteiger partial charge in [0.15, 0.2) is 11.5 Å². The standard InChI is InChI=1S/C12H17NO3/c14-10-3-1-2-4-12(10)16-8-11(15)9-5-6-13-7-9/h1-4,9,11,13-15H,5-8H2. The van der Waals surface area contributed by atoms with E-state index < -0.39 is 6.10 Å². The molecule has 0 bridgehead atoms. The highest BCUT2D eigenvalue weighted by atomic mass is 16.5. The number of para-hydroxylation sites is 2. The van der Waals surface area contributed by atoms with E-state index in [1.807, 2.05) is 0 Å². The third-order valence-corrected chi connectivity index (χ3v) is 2.92. The van der Waals surface area contributed by atoms with E-state index in [-0.39, 0.29) is 18.3 Å². The van der Waals surface area contributed by atoms with Gasteiger partial charge in [0.1, 0.15) is 6.61 Å². The minimum absolute atomic E-state index is 0.110. The summed E-state index contributed by atoms with van der Waals surface area (Å²) in [6, 6.07) is 6.78. The van der Waals surface area contributed by atoms with E-state index in [0.29, 0.717) is 5.75 Å². The van der Waals surface area contributed by atoms with Crippen LogP contribution >= 0.6 is 0 Å². The maximum atomic E-state index is 9.85. The number of nitrogens with one attached hydrogen (secondary N) is 1. The van der Waals surface area contributed by atoms with Crippen LogP contribution in [0.5, 0.6) is 11.5 Å². The summed E-state index contributed by atoms with van der Waals surface area (Å²) in [5.74, 6) is 0.789. The molecule has 4 heteroatoms. The van der Waals surface area contributed by atoms with Crippen LogP contribution in [0.1, 0.15) is 6.42 Å². The van der Waals surface area contributed by atoms with E-state index in [2.05, 4.69) is 5.32 Å². The first kappa shape index (κ1) is 11.2. The van der Waals surface area contributed by atoms with E-state index in [1.54, 1.807) is 24.3 Å². The van der Waals surface area contributed by atoms with E-state index in [9.17, 15) is 10.2 Å². The summed E-state index contributed by atoms with van der Waals surface area (Å²) in [6.45, 7) is 2.02. The van der Waals surface area contributed by atoms with Gasteiger partial charge in [-0.05, 0) is 25.1 Å². The van der Waals surface area contributed by atoms with Crippen molar-refractivity contribution in [2.75, 3.05) is 19.7 Å². The van der Waals surface area contributed by atoms with Gasteiger partial charge in [-0.2, -0.15) is 0 Å². The molecule has 0 aliphatic carbocycles. The zero-order chi connectivity index (χ0) is 11.4. The van der Waals surface area contributed by atoms with Crippen molar-refractivity contribution in [3.05, 3.63) is 24.3 Å². The van der Waals surface area contributed by atoms with Crippen molar-refractivity contribution in [2.24, 2.45) is 5.92 Å². The summed E-state index contributed by atoms with van der Waals surface area (Å²) >= 11 is 0. The van der Waals surface area contributed by atoms with E-state index in [0.717, 1.165) is 19.5 Å². The lowest BCUT2D eigenvalue weighted by molar-refractivity contribution is 0.0630. The molecule has 3 N–H and O–H groups in total.